The monoisotopic (exact) mass is 606 g/mol. The van der Waals surface area contributed by atoms with Crippen LogP contribution in [0.15, 0.2) is 101 Å². The molecular weight excluding hydrogens is 587 g/mol. The Morgan fingerprint density at radius 2 is 1.73 bits per heavy atom. The van der Waals surface area contributed by atoms with Gasteiger partial charge in [-0.15, -0.1) is 11.3 Å². The first kappa shape index (κ1) is 27.7. The Bertz CT molecular complexity index is 1650. The van der Waals surface area contributed by atoms with Crippen LogP contribution in [0.3, 0.4) is 0 Å². The zero-order valence-corrected chi connectivity index (χ0v) is 23.9. The molecule has 5 aromatic rings. The molecule has 0 unspecified atom stereocenters. The summed E-state index contributed by atoms with van der Waals surface area (Å²) in [6.45, 7) is 0.340. The molecule has 0 aliphatic heterocycles. The maximum absolute atomic E-state index is 12.6. The lowest BCUT2D eigenvalue weighted by Crippen LogP contribution is -2.17. The number of hydrazone groups is 1. The number of hydrogen-bond acceptors (Lipinski definition) is 6. The number of rotatable bonds is 9. The molecule has 1 heterocycles. The minimum Gasteiger partial charge on any atom is -0.487 e. The first-order valence-electron chi connectivity index (χ1n) is 12.0. The van der Waals surface area contributed by atoms with Crippen molar-refractivity contribution >= 4 is 69.1 Å². The smallest absolute Gasteiger partial charge is 0.271 e. The van der Waals surface area contributed by atoms with Crippen LogP contribution in [0.1, 0.15) is 21.5 Å². The van der Waals surface area contributed by atoms with Crippen molar-refractivity contribution in [2.45, 2.75) is 6.61 Å². The van der Waals surface area contributed by atoms with Gasteiger partial charge in [0.1, 0.15) is 12.4 Å². The van der Waals surface area contributed by atoms with Crippen LogP contribution in [-0.2, 0) is 6.61 Å². The number of carbonyl (C=O) groups is 1. The number of carbonyl (C=O) groups excluding carboxylic acids is 1. The molecule has 40 heavy (non-hydrogen) atoms. The number of nitrogens with zero attached hydrogens (tertiary/aromatic N) is 2. The fourth-order valence-corrected chi connectivity index (χ4v) is 4.97. The fraction of sp³-hybridized carbons (Fsp3) is 0.0333. The lowest BCUT2D eigenvalue weighted by Gasteiger charge is -2.09. The molecule has 0 fully saturated rings. The molecule has 10 heteroatoms. The van der Waals surface area contributed by atoms with E-state index in [1.807, 2.05) is 60.0 Å². The van der Waals surface area contributed by atoms with Gasteiger partial charge in [0.15, 0.2) is 5.13 Å². The van der Waals surface area contributed by atoms with E-state index in [4.69, 9.17) is 39.5 Å². The van der Waals surface area contributed by atoms with Gasteiger partial charge in [-0.3, -0.25) is 4.79 Å². The van der Waals surface area contributed by atoms with Gasteiger partial charge in [0.2, 0.25) is 0 Å². The molecule has 6 nitrogen and oxygen atoms in total. The van der Waals surface area contributed by atoms with Gasteiger partial charge >= 0.3 is 0 Å². The van der Waals surface area contributed by atoms with E-state index in [2.05, 4.69) is 20.8 Å². The van der Waals surface area contributed by atoms with Crippen LogP contribution in [0, 0.1) is 0 Å². The van der Waals surface area contributed by atoms with Gasteiger partial charge < -0.3 is 10.1 Å². The number of halogens is 3. The van der Waals surface area contributed by atoms with Crippen molar-refractivity contribution in [1.82, 2.24) is 10.4 Å². The van der Waals surface area contributed by atoms with Crippen molar-refractivity contribution < 1.29 is 9.53 Å². The summed E-state index contributed by atoms with van der Waals surface area (Å²) in [4.78, 5) is 17.2. The third-order valence-electron chi connectivity index (χ3n) is 5.66. The first-order chi connectivity index (χ1) is 19.4. The highest BCUT2D eigenvalue weighted by Crippen LogP contribution is 2.28. The van der Waals surface area contributed by atoms with Gasteiger partial charge in [-0.2, -0.15) is 5.10 Å². The summed E-state index contributed by atoms with van der Waals surface area (Å²) in [5.41, 5.74) is 7.26. The second kappa shape index (κ2) is 13.0. The first-order valence-corrected chi connectivity index (χ1v) is 14.0. The Labute approximate surface area is 250 Å². The molecule has 4 aromatic carbocycles. The molecule has 1 amide bonds. The van der Waals surface area contributed by atoms with Crippen molar-refractivity contribution in [3.05, 3.63) is 128 Å². The highest BCUT2D eigenvalue weighted by atomic mass is 35.5. The van der Waals surface area contributed by atoms with E-state index in [0.717, 1.165) is 27.6 Å². The number of amides is 1. The van der Waals surface area contributed by atoms with Crippen molar-refractivity contribution in [2.75, 3.05) is 5.32 Å². The van der Waals surface area contributed by atoms with Crippen molar-refractivity contribution in [3.63, 3.8) is 0 Å². The average molecular weight is 608 g/mol. The lowest BCUT2D eigenvalue weighted by atomic mass is 10.1. The van der Waals surface area contributed by atoms with Crippen molar-refractivity contribution in [3.8, 4) is 17.0 Å². The van der Waals surface area contributed by atoms with Crippen LogP contribution in [0.2, 0.25) is 15.1 Å². The molecule has 0 aliphatic carbocycles. The SMILES string of the molecule is O=C(N/N=C\c1ccc(OCc2cccc(Cl)c2)c(Cl)c1)c1ccc(-c2csc(Nc3ccc(Cl)cc3)n2)cc1. The molecule has 0 saturated carbocycles. The largest absolute Gasteiger partial charge is 0.487 e. The number of thiazole rings is 1. The Balaban J connectivity index is 1.14. The third kappa shape index (κ3) is 7.40. The van der Waals surface area contributed by atoms with E-state index in [9.17, 15) is 4.79 Å². The second-order valence-corrected chi connectivity index (χ2v) is 10.7. The lowest BCUT2D eigenvalue weighted by molar-refractivity contribution is 0.0955. The topological polar surface area (TPSA) is 75.6 Å². The predicted molar refractivity (Wildman–Crippen MR) is 165 cm³/mol. The summed E-state index contributed by atoms with van der Waals surface area (Å²) in [5, 5.41) is 11.8. The van der Waals surface area contributed by atoms with Gasteiger partial charge in [-0.25, -0.2) is 10.4 Å². The number of ether oxygens (including phenoxy) is 1. The van der Waals surface area contributed by atoms with Crippen LogP contribution in [0.5, 0.6) is 5.75 Å². The summed E-state index contributed by atoms with van der Waals surface area (Å²) in [5.74, 6) is 0.203. The molecule has 0 radical (unpaired) electrons. The van der Waals surface area contributed by atoms with Gasteiger partial charge in [0, 0.05) is 32.2 Å². The fourth-order valence-electron chi connectivity index (χ4n) is 3.65. The van der Waals surface area contributed by atoms with E-state index in [0.29, 0.717) is 38.6 Å². The minimum absolute atomic E-state index is 0.334. The zero-order chi connectivity index (χ0) is 27.9. The molecule has 0 spiro atoms. The van der Waals surface area contributed by atoms with Crippen LogP contribution in [0.25, 0.3) is 11.3 Å². The van der Waals surface area contributed by atoms with E-state index in [1.54, 1.807) is 36.4 Å². The Kier molecular flexibility index (Phi) is 8.98. The predicted octanol–water partition coefficient (Wildman–Crippen LogP) is 8.86. The second-order valence-electron chi connectivity index (χ2n) is 8.55. The molecule has 0 aliphatic rings. The summed E-state index contributed by atoms with van der Waals surface area (Å²) in [6.07, 6.45) is 1.52. The van der Waals surface area contributed by atoms with Crippen LogP contribution in [0.4, 0.5) is 10.8 Å². The van der Waals surface area contributed by atoms with Gasteiger partial charge in [0.05, 0.1) is 16.9 Å². The van der Waals surface area contributed by atoms with Crippen LogP contribution >= 0.6 is 46.1 Å². The highest BCUT2D eigenvalue weighted by molar-refractivity contribution is 7.14. The maximum Gasteiger partial charge on any atom is 0.271 e. The number of benzene rings is 4. The molecule has 5 rings (SSSR count). The number of nitrogens with one attached hydrogen (secondary N) is 2. The third-order valence-corrected chi connectivity index (χ3v) is 7.20. The maximum atomic E-state index is 12.6. The number of hydrogen-bond donors (Lipinski definition) is 2. The summed E-state index contributed by atoms with van der Waals surface area (Å²) < 4.78 is 5.79. The molecular formula is C30H21Cl3N4O2S. The number of anilines is 2. The zero-order valence-electron chi connectivity index (χ0n) is 20.8. The Morgan fingerprint density at radius 1 is 0.925 bits per heavy atom. The van der Waals surface area contributed by atoms with Crippen LogP contribution in [-0.4, -0.2) is 17.1 Å². The minimum atomic E-state index is -0.334. The normalized spacial score (nSPS) is 11.0. The Hall–Kier alpha value is -3.88. The van der Waals surface area contributed by atoms with E-state index < -0.39 is 0 Å². The summed E-state index contributed by atoms with van der Waals surface area (Å²) >= 11 is 19.8. The van der Waals surface area contributed by atoms with Gasteiger partial charge in [0.25, 0.3) is 5.91 Å². The van der Waals surface area contributed by atoms with E-state index >= 15 is 0 Å². The van der Waals surface area contributed by atoms with Gasteiger partial charge in [-0.1, -0.05) is 59.1 Å². The number of aromatic nitrogens is 1. The van der Waals surface area contributed by atoms with Crippen LogP contribution < -0.4 is 15.5 Å². The molecule has 2 N–H and O–H groups in total. The molecule has 0 atom stereocenters. The van der Waals surface area contributed by atoms with Crippen molar-refractivity contribution in [2.24, 2.45) is 5.10 Å². The molecule has 0 saturated heterocycles. The van der Waals surface area contributed by atoms with Gasteiger partial charge in [-0.05, 0) is 77.9 Å². The quantitative estimate of drug-likeness (QED) is 0.130. The Morgan fingerprint density at radius 3 is 2.48 bits per heavy atom. The molecule has 1 aromatic heterocycles. The van der Waals surface area contributed by atoms with E-state index in [-0.39, 0.29) is 5.91 Å². The average Bonchev–Trinajstić information content (AvgIpc) is 3.42. The standard InChI is InChI=1S/C30H21Cl3N4O2S/c31-23-9-11-25(12-10-23)35-30-36-27(18-40-30)21-5-7-22(8-6-21)29(38)37-34-16-19-4-13-28(26(33)15-19)39-17-20-2-1-3-24(32)14-20/h1-16,18H,17H2,(H,35,36)(H,37,38)/b34-16-. The molecule has 200 valence electrons. The highest BCUT2D eigenvalue weighted by Gasteiger charge is 2.09. The summed E-state index contributed by atoms with van der Waals surface area (Å²) in [6, 6.07) is 27.3. The molecule has 0 bridgehead atoms. The van der Waals surface area contributed by atoms with Crippen molar-refractivity contribution in [1.29, 1.82) is 0 Å². The van der Waals surface area contributed by atoms with E-state index in [1.165, 1.54) is 17.6 Å². The summed E-state index contributed by atoms with van der Waals surface area (Å²) in [7, 11) is 0.